The van der Waals surface area contributed by atoms with Gasteiger partial charge in [-0.25, -0.2) is 9.97 Å². The summed E-state index contributed by atoms with van der Waals surface area (Å²) in [5.74, 6) is 1.51. The van der Waals surface area contributed by atoms with Gasteiger partial charge in [0, 0.05) is 42.3 Å². The second-order valence-electron chi connectivity index (χ2n) is 6.89. The van der Waals surface area contributed by atoms with Gasteiger partial charge in [-0.3, -0.25) is 9.88 Å². The second-order valence-corrected chi connectivity index (χ2v) is 6.89. The quantitative estimate of drug-likeness (QED) is 0.714. The van der Waals surface area contributed by atoms with E-state index in [1.807, 2.05) is 31.3 Å². The minimum absolute atomic E-state index is 0.553. The van der Waals surface area contributed by atoms with Gasteiger partial charge in [-0.2, -0.15) is 0 Å². The number of aryl methyl sites for hydroxylation is 1. The van der Waals surface area contributed by atoms with E-state index in [9.17, 15) is 0 Å². The van der Waals surface area contributed by atoms with Gasteiger partial charge in [0.1, 0.15) is 5.76 Å². The molecule has 1 aliphatic rings. The van der Waals surface area contributed by atoms with E-state index in [0.717, 1.165) is 41.2 Å². The molecule has 3 aromatic rings. The van der Waals surface area contributed by atoms with Crippen LogP contribution in [0.2, 0.25) is 0 Å². The van der Waals surface area contributed by atoms with Crippen LogP contribution in [0.1, 0.15) is 25.5 Å². The van der Waals surface area contributed by atoms with E-state index in [0.29, 0.717) is 12.0 Å². The maximum atomic E-state index is 5.52. The first-order valence-corrected chi connectivity index (χ1v) is 9.56. The van der Waals surface area contributed by atoms with Crippen LogP contribution in [0.5, 0.6) is 0 Å². The lowest BCUT2D eigenvalue weighted by molar-refractivity contribution is 0.277. The number of likely N-dealkylation sites (N-methyl/N-ethyl adjacent to an activating group) is 1. The number of likely N-dealkylation sites (tertiary alicyclic amines) is 1. The van der Waals surface area contributed by atoms with E-state index in [1.165, 1.54) is 19.4 Å². The zero-order valence-corrected chi connectivity index (χ0v) is 15.9. The standard InChI is InChI=1S/C21H25N5O/c1-3-26-11-4-5-17(26)13-23-21-24-14-19(16-6-9-22-10-7-16)20(25-21)18-8-12-27-15(18)2/h6-10,12,14,17H,3-5,11,13H2,1-2H3,(H,23,24,25)/t17-/m1/s1. The molecule has 0 saturated carbocycles. The molecule has 3 aromatic heterocycles. The van der Waals surface area contributed by atoms with E-state index in [-0.39, 0.29) is 0 Å². The average Bonchev–Trinajstić information content (AvgIpc) is 3.35. The van der Waals surface area contributed by atoms with Crippen molar-refractivity contribution in [3.8, 4) is 22.4 Å². The second kappa shape index (κ2) is 7.88. The molecule has 0 unspecified atom stereocenters. The number of anilines is 1. The zero-order valence-electron chi connectivity index (χ0n) is 15.9. The summed E-state index contributed by atoms with van der Waals surface area (Å²) in [4.78, 5) is 16.0. The van der Waals surface area contributed by atoms with Crippen LogP contribution < -0.4 is 5.32 Å². The first kappa shape index (κ1) is 17.7. The smallest absolute Gasteiger partial charge is 0.223 e. The first-order valence-electron chi connectivity index (χ1n) is 9.56. The summed E-state index contributed by atoms with van der Waals surface area (Å²) >= 11 is 0. The summed E-state index contributed by atoms with van der Waals surface area (Å²) in [7, 11) is 0. The Labute approximate surface area is 159 Å². The number of furan rings is 1. The molecule has 0 amide bonds. The third-order valence-corrected chi connectivity index (χ3v) is 5.30. The van der Waals surface area contributed by atoms with Crippen molar-refractivity contribution in [1.29, 1.82) is 0 Å². The number of nitrogens with one attached hydrogen (secondary N) is 1. The Kier molecular flexibility index (Phi) is 5.16. The highest BCUT2D eigenvalue weighted by molar-refractivity contribution is 5.81. The van der Waals surface area contributed by atoms with Crippen molar-refractivity contribution in [2.24, 2.45) is 0 Å². The molecular formula is C21H25N5O. The van der Waals surface area contributed by atoms with Crippen LogP contribution in [-0.2, 0) is 0 Å². The number of aromatic nitrogens is 3. The van der Waals surface area contributed by atoms with Crippen LogP contribution in [0.3, 0.4) is 0 Å². The lowest BCUT2D eigenvalue weighted by Gasteiger charge is -2.23. The minimum Gasteiger partial charge on any atom is -0.469 e. The number of hydrogen-bond donors (Lipinski definition) is 1. The lowest BCUT2D eigenvalue weighted by atomic mass is 10.0. The van der Waals surface area contributed by atoms with Crippen LogP contribution in [0.4, 0.5) is 5.95 Å². The maximum absolute atomic E-state index is 5.52. The molecule has 1 atom stereocenters. The van der Waals surface area contributed by atoms with Crippen molar-refractivity contribution >= 4 is 5.95 Å². The van der Waals surface area contributed by atoms with Crippen LogP contribution in [-0.4, -0.2) is 45.5 Å². The van der Waals surface area contributed by atoms with Gasteiger partial charge in [-0.05, 0) is 56.6 Å². The molecule has 0 spiro atoms. The molecule has 4 heterocycles. The molecule has 1 aliphatic heterocycles. The SMILES string of the molecule is CCN1CCC[C@@H]1CNc1ncc(-c2ccncc2)c(-c2ccoc2C)n1. The van der Waals surface area contributed by atoms with Crippen molar-refractivity contribution in [2.45, 2.75) is 32.7 Å². The molecule has 4 rings (SSSR count). The fraction of sp³-hybridized carbons (Fsp3) is 0.381. The van der Waals surface area contributed by atoms with Gasteiger partial charge in [0.2, 0.25) is 5.95 Å². The summed E-state index contributed by atoms with van der Waals surface area (Å²) in [6.07, 6.45) is 9.65. The molecule has 6 nitrogen and oxygen atoms in total. The monoisotopic (exact) mass is 363 g/mol. The molecule has 0 aliphatic carbocycles. The van der Waals surface area contributed by atoms with Gasteiger partial charge in [-0.1, -0.05) is 6.92 Å². The van der Waals surface area contributed by atoms with E-state index < -0.39 is 0 Å². The zero-order chi connectivity index (χ0) is 18.6. The van der Waals surface area contributed by atoms with Crippen molar-refractivity contribution in [3.63, 3.8) is 0 Å². The molecule has 0 radical (unpaired) electrons. The average molecular weight is 363 g/mol. The lowest BCUT2D eigenvalue weighted by Crippen LogP contribution is -2.34. The summed E-state index contributed by atoms with van der Waals surface area (Å²) in [6, 6.07) is 6.46. The van der Waals surface area contributed by atoms with Gasteiger partial charge in [0.05, 0.1) is 12.0 Å². The Hall–Kier alpha value is -2.73. The molecular weight excluding hydrogens is 338 g/mol. The summed E-state index contributed by atoms with van der Waals surface area (Å²) in [6.45, 7) is 7.32. The number of rotatable bonds is 6. The first-order chi connectivity index (χ1) is 13.3. The molecule has 1 N–H and O–H groups in total. The molecule has 1 fully saturated rings. The maximum Gasteiger partial charge on any atom is 0.223 e. The van der Waals surface area contributed by atoms with Gasteiger partial charge in [0.15, 0.2) is 0 Å². The molecule has 6 heteroatoms. The van der Waals surface area contributed by atoms with Gasteiger partial charge in [-0.15, -0.1) is 0 Å². The van der Waals surface area contributed by atoms with Crippen LogP contribution >= 0.6 is 0 Å². The highest BCUT2D eigenvalue weighted by Crippen LogP contribution is 2.33. The number of hydrogen-bond acceptors (Lipinski definition) is 6. The predicted molar refractivity (Wildman–Crippen MR) is 106 cm³/mol. The third kappa shape index (κ3) is 3.71. The minimum atomic E-state index is 0.553. The van der Waals surface area contributed by atoms with Crippen molar-refractivity contribution < 1.29 is 4.42 Å². The Morgan fingerprint density at radius 1 is 1.22 bits per heavy atom. The molecule has 140 valence electrons. The summed E-state index contributed by atoms with van der Waals surface area (Å²) < 4.78 is 5.52. The fourth-order valence-electron chi connectivity index (χ4n) is 3.80. The Balaban J connectivity index is 1.64. The van der Waals surface area contributed by atoms with Crippen molar-refractivity contribution in [1.82, 2.24) is 19.9 Å². The Bertz CT molecular complexity index is 893. The number of nitrogens with zero attached hydrogens (tertiary/aromatic N) is 4. The Morgan fingerprint density at radius 3 is 2.81 bits per heavy atom. The fourth-order valence-corrected chi connectivity index (χ4v) is 3.80. The molecule has 0 aromatic carbocycles. The van der Waals surface area contributed by atoms with E-state index in [1.54, 1.807) is 18.7 Å². The van der Waals surface area contributed by atoms with Crippen molar-refractivity contribution in [2.75, 3.05) is 25.0 Å². The van der Waals surface area contributed by atoms with E-state index in [4.69, 9.17) is 9.40 Å². The normalized spacial score (nSPS) is 17.3. The van der Waals surface area contributed by atoms with Gasteiger partial charge in [0.25, 0.3) is 0 Å². The van der Waals surface area contributed by atoms with Crippen LogP contribution in [0.25, 0.3) is 22.4 Å². The topological polar surface area (TPSA) is 67.1 Å². The molecule has 1 saturated heterocycles. The van der Waals surface area contributed by atoms with Gasteiger partial charge < -0.3 is 9.73 Å². The van der Waals surface area contributed by atoms with Gasteiger partial charge >= 0.3 is 0 Å². The highest BCUT2D eigenvalue weighted by atomic mass is 16.3. The van der Waals surface area contributed by atoms with E-state index in [2.05, 4.69) is 27.1 Å². The summed E-state index contributed by atoms with van der Waals surface area (Å²) in [5.41, 5.74) is 3.88. The summed E-state index contributed by atoms with van der Waals surface area (Å²) in [5, 5.41) is 3.44. The molecule has 0 bridgehead atoms. The third-order valence-electron chi connectivity index (χ3n) is 5.30. The largest absolute Gasteiger partial charge is 0.469 e. The predicted octanol–water partition coefficient (Wildman–Crippen LogP) is 4.00. The van der Waals surface area contributed by atoms with Crippen molar-refractivity contribution in [3.05, 3.63) is 48.8 Å². The number of pyridine rings is 1. The Morgan fingerprint density at radius 2 is 2.07 bits per heavy atom. The van der Waals surface area contributed by atoms with Crippen LogP contribution in [0.15, 0.2) is 47.5 Å². The van der Waals surface area contributed by atoms with E-state index >= 15 is 0 Å². The highest BCUT2D eigenvalue weighted by Gasteiger charge is 2.23. The van der Waals surface area contributed by atoms with Crippen LogP contribution in [0, 0.1) is 6.92 Å². The molecule has 27 heavy (non-hydrogen) atoms.